The Kier molecular flexibility index (Phi) is 15.4. The van der Waals surface area contributed by atoms with Gasteiger partial charge in [-0.2, -0.15) is 0 Å². The van der Waals surface area contributed by atoms with Crippen molar-refractivity contribution in [2.45, 2.75) is 64.9 Å². The van der Waals surface area contributed by atoms with E-state index in [1.54, 1.807) is 7.11 Å². The van der Waals surface area contributed by atoms with Gasteiger partial charge in [-0.15, -0.1) is 24.0 Å². The molecule has 0 aromatic rings. The van der Waals surface area contributed by atoms with Crippen molar-refractivity contribution in [3.05, 3.63) is 0 Å². The first kappa shape index (κ1) is 26.9. The van der Waals surface area contributed by atoms with Crippen molar-refractivity contribution in [1.29, 1.82) is 0 Å². The standard InChI is InChI=1S/C22H44N4O2.HI/c1-4-23-22(24-12-5-6-13-25-14-7-9-20(2)19-25)26-15-10-21(11-16-26)28-18-8-17-27-3;/h20-21H,4-19H2,1-3H3,(H,23,24);1H. The fourth-order valence-corrected chi connectivity index (χ4v) is 4.24. The molecule has 0 aromatic heterocycles. The SMILES string of the molecule is CCNC(=NCCCCN1CCCC(C)C1)N1CCC(OCCCOC)CC1.I. The molecule has 7 heteroatoms. The van der Waals surface area contributed by atoms with Crippen molar-refractivity contribution in [3.63, 3.8) is 0 Å². The number of guanidine groups is 1. The van der Waals surface area contributed by atoms with Gasteiger partial charge in [-0.3, -0.25) is 4.99 Å². The lowest BCUT2D eigenvalue weighted by Gasteiger charge is -2.34. The zero-order chi connectivity index (χ0) is 20.0. The zero-order valence-corrected chi connectivity index (χ0v) is 21.4. The summed E-state index contributed by atoms with van der Waals surface area (Å²) >= 11 is 0. The molecule has 1 unspecified atom stereocenters. The third-order valence-electron chi connectivity index (χ3n) is 5.81. The minimum atomic E-state index is 0. The van der Waals surface area contributed by atoms with Crippen molar-refractivity contribution >= 4 is 29.9 Å². The van der Waals surface area contributed by atoms with Gasteiger partial charge in [-0.05, 0) is 70.9 Å². The second-order valence-corrected chi connectivity index (χ2v) is 8.39. The zero-order valence-electron chi connectivity index (χ0n) is 19.0. The van der Waals surface area contributed by atoms with Crippen LogP contribution in [0.1, 0.15) is 58.8 Å². The highest BCUT2D eigenvalue weighted by Crippen LogP contribution is 2.16. The molecule has 0 amide bonds. The lowest BCUT2D eigenvalue weighted by molar-refractivity contribution is 0.00990. The molecule has 2 fully saturated rings. The molecule has 2 aliphatic heterocycles. The van der Waals surface area contributed by atoms with Crippen molar-refractivity contribution in [2.24, 2.45) is 10.9 Å². The van der Waals surface area contributed by atoms with Gasteiger partial charge in [0.1, 0.15) is 0 Å². The molecule has 172 valence electrons. The van der Waals surface area contributed by atoms with Gasteiger partial charge >= 0.3 is 0 Å². The predicted octanol–water partition coefficient (Wildman–Crippen LogP) is 3.60. The van der Waals surface area contributed by atoms with Crippen LogP contribution in [0.3, 0.4) is 0 Å². The average Bonchev–Trinajstić information content (AvgIpc) is 2.71. The maximum atomic E-state index is 5.98. The number of halogens is 1. The second-order valence-electron chi connectivity index (χ2n) is 8.39. The number of aliphatic imine (C=N–C) groups is 1. The largest absolute Gasteiger partial charge is 0.385 e. The molecule has 29 heavy (non-hydrogen) atoms. The summed E-state index contributed by atoms with van der Waals surface area (Å²) in [6, 6.07) is 0. The summed E-state index contributed by atoms with van der Waals surface area (Å²) in [6.07, 6.45) is 8.76. The Labute approximate surface area is 196 Å². The molecular weight excluding hydrogens is 479 g/mol. The molecule has 0 bridgehead atoms. The van der Waals surface area contributed by atoms with Gasteiger partial charge in [0.2, 0.25) is 0 Å². The van der Waals surface area contributed by atoms with Crippen molar-refractivity contribution < 1.29 is 9.47 Å². The lowest BCUT2D eigenvalue weighted by Crippen LogP contribution is -2.47. The van der Waals surface area contributed by atoms with Gasteiger partial charge in [0.15, 0.2) is 5.96 Å². The Morgan fingerprint density at radius 2 is 1.86 bits per heavy atom. The Morgan fingerprint density at radius 3 is 2.55 bits per heavy atom. The van der Waals surface area contributed by atoms with Gasteiger partial charge in [0.25, 0.3) is 0 Å². The van der Waals surface area contributed by atoms with Gasteiger partial charge < -0.3 is 24.6 Å². The smallest absolute Gasteiger partial charge is 0.193 e. The minimum absolute atomic E-state index is 0. The van der Waals surface area contributed by atoms with Crippen molar-refractivity contribution in [2.75, 3.05) is 66.1 Å². The second kappa shape index (κ2) is 16.6. The van der Waals surface area contributed by atoms with Crippen LogP contribution in [-0.4, -0.2) is 88.0 Å². The molecular formula is C22H45IN4O2. The molecule has 0 aromatic carbocycles. The third kappa shape index (κ3) is 11.2. The van der Waals surface area contributed by atoms with Crippen LogP contribution in [0.2, 0.25) is 0 Å². The van der Waals surface area contributed by atoms with Crippen LogP contribution in [0.15, 0.2) is 4.99 Å². The molecule has 2 rings (SSSR count). The van der Waals surface area contributed by atoms with E-state index in [9.17, 15) is 0 Å². The van der Waals surface area contributed by atoms with E-state index in [2.05, 4.69) is 29.0 Å². The van der Waals surface area contributed by atoms with E-state index in [0.717, 1.165) is 70.5 Å². The maximum Gasteiger partial charge on any atom is 0.193 e. The molecule has 2 saturated heterocycles. The van der Waals surface area contributed by atoms with Gasteiger partial charge in [0.05, 0.1) is 6.10 Å². The highest BCUT2D eigenvalue weighted by Gasteiger charge is 2.21. The summed E-state index contributed by atoms with van der Waals surface area (Å²) in [4.78, 5) is 9.95. The van der Waals surface area contributed by atoms with Gasteiger partial charge in [-0.1, -0.05) is 6.92 Å². The maximum absolute atomic E-state index is 5.98. The van der Waals surface area contributed by atoms with E-state index in [1.807, 2.05) is 0 Å². The Bertz CT molecular complexity index is 431. The van der Waals surface area contributed by atoms with Crippen LogP contribution in [0, 0.1) is 5.92 Å². The summed E-state index contributed by atoms with van der Waals surface area (Å²) in [5, 5.41) is 3.48. The minimum Gasteiger partial charge on any atom is -0.385 e. The first-order valence-corrected chi connectivity index (χ1v) is 11.6. The number of ether oxygens (including phenoxy) is 2. The molecule has 2 aliphatic rings. The fourth-order valence-electron chi connectivity index (χ4n) is 4.24. The number of likely N-dealkylation sites (tertiary alicyclic amines) is 2. The first-order chi connectivity index (χ1) is 13.7. The molecule has 2 heterocycles. The summed E-state index contributed by atoms with van der Waals surface area (Å²) in [6.45, 7) is 13.9. The van der Waals surface area contributed by atoms with E-state index in [1.165, 1.54) is 45.3 Å². The van der Waals surface area contributed by atoms with Gasteiger partial charge in [0, 0.05) is 53.0 Å². The summed E-state index contributed by atoms with van der Waals surface area (Å²) in [5.41, 5.74) is 0. The number of methoxy groups -OCH3 is 1. The third-order valence-corrected chi connectivity index (χ3v) is 5.81. The van der Waals surface area contributed by atoms with E-state index in [4.69, 9.17) is 14.5 Å². The number of piperidine rings is 2. The van der Waals surface area contributed by atoms with Crippen LogP contribution in [0.4, 0.5) is 0 Å². The number of nitrogens with one attached hydrogen (secondary N) is 1. The normalized spacial score (nSPS) is 21.8. The number of rotatable bonds is 11. The summed E-state index contributed by atoms with van der Waals surface area (Å²) in [5.74, 6) is 1.96. The molecule has 1 atom stereocenters. The van der Waals surface area contributed by atoms with Gasteiger partial charge in [-0.25, -0.2) is 0 Å². The van der Waals surface area contributed by atoms with Crippen LogP contribution < -0.4 is 5.32 Å². The van der Waals surface area contributed by atoms with E-state index >= 15 is 0 Å². The van der Waals surface area contributed by atoms with Crippen molar-refractivity contribution in [1.82, 2.24) is 15.1 Å². The molecule has 0 saturated carbocycles. The Balaban J connectivity index is 0.00000420. The van der Waals surface area contributed by atoms with Crippen molar-refractivity contribution in [3.8, 4) is 0 Å². The topological polar surface area (TPSA) is 49.3 Å². The molecule has 6 nitrogen and oxygen atoms in total. The summed E-state index contributed by atoms with van der Waals surface area (Å²) < 4.78 is 11.1. The number of hydrogen-bond donors (Lipinski definition) is 1. The molecule has 1 N–H and O–H groups in total. The van der Waals surface area contributed by atoms with E-state index in [0.29, 0.717) is 6.10 Å². The molecule has 0 spiro atoms. The van der Waals surface area contributed by atoms with E-state index < -0.39 is 0 Å². The highest BCUT2D eigenvalue weighted by atomic mass is 127. The monoisotopic (exact) mass is 524 g/mol. The lowest BCUT2D eigenvalue weighted by atomic mass is 10.0. The fraction of sp³-hybridized carbons (Fsp3) is 0.955. The number of hydrogen-bond acceptors (Lipinski definition) is 4. The molecule has 0 aliphatic carbocycles. The van der Waals surface area contributed by atoms with Crippen LogP contribution >= 0.6 is 24.0 Å². The number of nitrogens with zero attached hydrogens (tertiary/aromatic N) is 3. The van der Waals surface area contributed by atoms with E-state index in [-0.39, 0.29) is 24.0 Å². The quantitative estimate of drug-likeness (QED) is 0.194. The summed E-state index contributed by atoms with van der Waals surface area (Å²) in [7, 11) is 1.74. The van der Waals surface area contributed by atoms with Crippen LogP contribution in [-0.2, 0) is 9.47 Å². The predicted molar refractivity (Wildman–Crippen MR) is 133 cm³/mol. The first-order valence-electron chi connectivity index (χ1n) is 11.6. The van der Waals surface area contributed by atoms with Crippen LogP contribution in [0.25, 0.3) is 0 Å². The molecule has 0 radical (unpaired) electrons. The number of unbranched alkanes of at least 4 members (excludes halogenated alkanes) is 1. The Morgan fingerprint density at radius 1 is 1.07 bits per heavy atom. The van der Waals surface area contributed by atoms with Crippen LogP contribution in [0.5, 0.6) is 0 Å². The highest BCUT2D eigenvalue weighted by molar-refractivity contribution is 14.0. The average molecular weight is 525 g/mol. The Hall–Kier alpha value is -0.120.